The Kier molecular flexibility index (Phi) is 9.00. The molecule has 2 atom stereocenters. The van der Waals surface area contributed by atoms with Gasteiger partial charge >= 0.3 is 0 Å². The Labute approximate surface area is 190 Å². The van der Waals surface area contributed by atoms with Crippen molar-refractivity contribution in [2.75, 3.05) is 19.1 Å². The van der Waals surface area contributed by atoms with E-state index in [0.29, 0.717) is 34.2 Å². The molecule has 160 valence electrons. The normalized spacial score (nSPS) is 13.8. The molecule has 0 saturated heterocycles. The van der Waals surface area contributed by atoms with E-state index in [2.05, 4.69) is 39.8 Å². The van der Waals surface area contributed by atoms with Crippen molar-refractivity contribution < 1.29 is 9.47 Å². The molecule has 0 unspecified atom stereocenters. The van der Waals surface area contributed by atoms with Crippen molar-refractivity contribution in [2.45, 2.75) is 46.5 Å². The van der Waals surface area contributed by atoms with Crippen LogP contribution in [0.15, 0.2) is 36.4 Å². The second-order valence-corrected chi connectivity index (χ2v) is 9.44. The van der Waals surface area contributed by atoms with Crippen LogP contribution in [0.25, 0.3) is 0 Å². The minimum absolute atomic E-state index is 0.223. The van der Waals surface area contributed by atoms with Crippen LogP contribution in [0.2, 0.25) is 10.0 Å². The smallest absolute Gasteiger partial charge is 0.156 e. The molecule has 0 heterocycles. The number of hydrogen-bond acceptors (Lipinski definition) is 2. The van der Waals surface area contributed by atoms with Gasteiger partial charge in [-0.1, -0.05) is 76.4 Å². The monoisotopic (exact) mass is 456 g/mol. The standard InChI is InChI=1S/C24H31Cl3O2/c1-6-16(2)14-28-20-9-7-18(8-10-20)24(4,5)19-11-21(26)23(22(27)12-19)29-15-17(3)13-25/h7-12,16-17H,6,13-15H2,1-5H3/t16-,17-/m1/s1. The first-order valence-corrected chi connectivity index (χ1v) is 11.4. The molecule has 0 aliphatic carbocycles. The second kappa shape index (κ2) is 10.8. The zero-order valence-electron chi connectivity index (χ0n) is 17.9. The van der Waals surface area contributed by atoms with E-state index in [0.717, 1.165) is 29.9 Å². The van der Waals surface area contributed by atoms with E-state index >= 15 is 0 Å². The fraction of sp³-hybridized carbons (Fsp3) is 0.500. The van der Waals surface area contributed by atoms with Gasteiger partial charge in [0.25, 0.3) is 0 Å². The highest BCUT2D eigenvalue weighted by Gasteiger charge is 2.26. The molecule has 0 saturated carbocycles. The van der Waals surface area contributed by atoms with Crippen molar-refractivity contribution in [1.29, 1.82) is 0 Å². The van der Waals surface area contributed by atoms with Gasteiger partial charge in [0.05, 0.1) is 23.3 Å². The molecule has 0 aromatic heterocycles. The van der Waals surface area contributed by atoms with Crippen molar-refractivity contribution in [2.24, 2.45) is 11.8 Å². The van der Waals surface area contributed by atoms with E-state index in [1.165, 1.54) is 0 Å². The summed E-state index contributed by atoms with van der Waals surface area (Å²) in [4.78, 5) is 0. The number of ether oxygens (including phenoxy) is 2. The van der Waals surface area contributed by atoms with Crippen molar-refractivity contribution in [3.63, 3.8) is 0 Å². The first-order valence-electron chi connectivity index (χ1n) is 10.1. The first kappa shape index (κ1) is 24.2. The number of hydrogen-bond donors (Lipinski definition) is 0. The van der Waals surface area contributed by atoms with E-state index < -0.39 is 0 Å². The van der Waals surface area contributed by atoms with Gasteiger partial charge in [-0.25, -0.2) is 0 Å². The van der Waals surface area contributed by atoms with Crippen molar-refractivity contribution in [1.82, 2.24) is 0 Å². The lowest BCUT2D eigenvalue weighted by Crippen LogP contribution is -2.19. The van der Waals surface area contributed by atoms with Crippen LogP contribution in [0.3, 0.4) is 0 Å². The van der Waals surface area contributed by atoms with Gasteiger partial charge in [0.1, 0.15) is 5.75 Å². The van der Waals surface area contributed by atoms with E-state index in [1.807, 2.05) is 31.2 Å². The van der Waals surface area contributed by atoms with Crippen molar-refractivity contribution in [3.8, 4) is 11.5 Å². The largest absolute Gasteiger partial charge is 0.493 e. The predicted octanol–water partition coefficient (Wildman–Crippen LogP) is 8.00. The van der Waals surface area contributed by atoms with Crippen molar-refractivity contribution in [3.05, 3.63) is 57.6 Å². The van der Waals surface area contributed by atoms with Gasteiger partial charge in [-0.05, 0) is 41.3 Å². The van der Waals surface area contributed by atoms with Crippen LogP contribution in [0.4, 0.5) is 0 Å². The summed E-state index contributed by atoms with van der Waals surface area (Å²) in [6.45, 7) is 11.9. The Morgan fingerprint density at radius 1 is 0.862 bits per heavy atom. The molecular weight excluding hydrogens is 427 g/mol. The lowest BCUT2D eigenvalue weighted by molar-refractivity contribution is 0.256. The van der Waals surface area contributed by atoms with Crippen LogP contribution < -0.4 is 9.47 Å². The fourth-order valence-corrected chi connectivity index (χ4v) is 3.50. The topological polar surface area (TPSA) is 18.5 Å². The van der Waals surface area contributed by atoms with Gasteiger partial charge in [-0.3, -0.25) is 0 Å². The Hall–Kier alpha value is -1.09. The fourth-order valence-electron chi connectivity index (χ4n) is 2.82. The molecule has 0 aliphatic rings. The molecule has 0 amide bonds. The van der Waals surface area contributed by atoms with Crippen molar-refractivity contribution >= 4 is 34.8 Å². The first-order chi connectivity index (χ1) is 13.7. The zero-order chi connectivity index (χ0) is 21.6. The Morgan fingerprint density at radius 2 is 1.41 bits per heavy atom. The summed E-state index contributed by atoms with van der Waals surface area (Å²) in [5, 5.41) is 1.02. The maximum absolute atomic E-state index is 6.50. The van der Waals surface area contributed by atoms with E-state index in [9.17, 15) is 0 Å². The molecule has 0 aliphatic heterocycles. The average molecular weight is 458 g/mol. The number of alkyl halides is 1. The van der Waals surface area contributed by atoms with Crippen LogP contribution >= 0.6 is 34.8 Å². The van der Waals surface area contributed by atoms with Crippen LogP contribution in [0.1, 0.15) is 52.2 Å². The van der Waals surface area contributed by atoms with Gasteiger partial charge in [0.15, 0.2) is 5.75 Å². The third-order valence-electron chi connectivity index (χ3n) is 5.30. The molecule has 0 spiro atoms. The van der Waals surface area contributed by atoms with E-state index in [4.69, 9.17) is 44.3 Å². The van der Waals surface area contributed by atoms with Gasteiger partial charge < -0.3 is 9.47 Å². The average Bonchev–Trinajstić information content (AvgIpc) is 2.71. The summed E-state index contributed by atoms with van der Waals surface area (Å²) in [6.07, 6.45) is 1.11. The Morgan fingerprint density at radius 3 is 1.93 bits per heavy atom. The maximum Gasteiger partial charge on any atom is 0.156 e. The number of rotatable bonds is 10. The van der Waals surface area contributed by atoms with Crippen LogP contribution in [-0.4, -0.2) is 19.1 Å². The van der Waals surface area contributed by atoms with Gasteiger partial charge in [-0.2, -0.15) is 0 Å². The quantitative estimate of drug-likeness (QED) is 0.336. The van der Waals surface area contributed by atoms with E-state index in [1.54, 1.807) is 0 Å². The molecule has 0 fully saturated rings. The molecular formula is C24H31Cl3O2. The lowest BCUT2D eigenvalue weighted by Gasteiger charge is -2.27. The molecule has 2 nitrogen and oxygen atoms in total. The highest BCUT2D eigenvalue weighted by atomic mass is 35.5. The Balaban J connectivity index is 2.19. The number of benzene rings is 2. The molecule has 0 N–H and O–H groups in total. The van der Waals surface area contributed by atoms with Crippen LogP contribution in [0.5, 0.6) is 11.5 Å². The molecule has 2 aromatic carbocycles. The number of halogens is 3. The molecule has 2 aromatic rings. The van der Waals surface area contributed by atoms with Gasteiger partial charge in [0, 0.05) is 17.2 Å². The summed E-state index contributed by atoms with van der Waals surface area (Å²) in [7, 11) is 0. The summed E-state index contributed by atoms with van der Waals surface area (Å²) >= 11 is 18.9. The van der Waals surface area contributed by atoms with Gasteiger partial charge in [-0.15, -0.1) is 11.6 Å². The zero-order valence-corrected chi connectivity index (χ0v) is 20.2. The maximum atomic E-state index is 6.50. The summed E-state index contributed by atoms with van der Waals surface area (Å²) in [6, 6.07) is 12.1. The van der Waals surface area contributed by atoms with E-state index in [-0.39, 0.29) is 11.3 Å². The predicted molar refractivity (Wildman–Crippen MR) is 125 cm³/mol. The minimum Gasteiger partial charge on any atom is -0.493 e. The summed E-state index contributed by atoms with van der Waals surface area (Å²) < 4.78 is 11.7. The lowest BCUT2D eigenvalue weighted by atomic mass is 9.78. The molecule has 2 rings (SSSR count). The third-order valence-corrected chi connectivity index (χ3v) is 6.39. The Bertz CT molecular complexity index is 764. The highest BCUT2D eigenvalue weighted by Crippen LogP contribution is 2.40. The highest BCUT2D eigenvalue weighted by molar-refractivity contribution is 6.37. The molecule has 0 radical (unpaired) electrons. The second-order valence-electron chi connectivity index (χ2n) is 8.31. The SMILES string of the molecule is CC[C@@H](C)COc1ccc(C(C)(C)c2cc(Cl)c(OC[C@H](C)CCl)c(Cl)c2)cc1. The van der Waals surface area contributed by atoms with Gasteiger partial charge in [0.2, 0.25) is 0 Å². The minimum atomic E-state index is -0.273. The van der Waals surface area contributed by atoms with Crippen LogP contribution in [0, 0.1) is 11.8 Å². The molecule has 5 heteroatoms. The molecule has 29 heavy (non-hydrogen) atoms. The molecule has 0 bridgehead atoms. The van der Waals surface area contributed by atoms with Crippen LogP contribution in [-0.2, 0) is 5.41 Å². The summed E-state index contributed by atoms with van der Waals surface area (Å²) in [5.74, 6) is 2.69. The summed E-state index contributed by atoms with van der Waals surface area (Å²) in [5.41, 5.74) is 1.91. The third kappa shape index (κ3) is 6.44.